The van der Waals surface area contributed by atoms with Gasteiger partial charge in [-0.05, 0) is 19.3 Å². The Kier molecular flexibility index (Phi) is 3.24. The Morgan fingerprint density at radius 2 is 2.44 bits per heavy atom. The van der Waals surface area contributed by atoms with E-state index in [0.29, 0.717) is 6.42 Å². The number of nitrogens with zero attached hydrogens (tertiary/aromatic N) is 2. The third-order valence-electron chi connectivity index (χ3n) is 2.52. The molecular weight excluding hydrogens is 224 g/mol. The fourth-order valence-electron chi connectivity index (χ4n) is 1.65. The lowest BCUT2D eigenvalue weighted by Crippen LogP contribution is -1.97. The van der Waals surface area contributed by atoms with Gasteiger partial charge >= 0.3 is 5.97 Å². The van der Waals surface area contributed by atoms with Crippen LogP contribution in [-0.2, 0) is 17.6 Å². The quantitative estimate of drug-likeness (QED) is 0.870. The van der Waals surface area contributed by atoms with Crippen LogP contribution in [-0.4, -0.2) is 20.5 Å². The van der Waals surface area contributed by atoms with E-state index in [2.05, 4.69) is 21.7 Å². The first kappa shape index (κ1) is 11.1. The van der Waals surface area contributed by atoms with Gasteiger partial charge in [0.1, 0.15) is 0 Å². The second-order valence-corrected chi connectivity index (χ2v) is 4.55. The molecule has 1 N–H and O–H groups in total. The maximum Gasteiger partial charge on any atom is 0.303 e. The van der Waals surface area contributed by atoms with Gasteiger partial charge in [-0.25, -0.2) is 4.98 Å². The van der Waals surface area contributed by atoms with Crippen molar-refractivity contribution in [3.8, 4) is 0 Å². The minimum absolute atomic E-state index is 0.229. The van der Waals surface area contributed by atoms with Crippen molar-refractivity contribution in [2.24, 2.45) is 0 Å². The van der Waals surface area contributed by atoms with Crippen LogP contribution in [0.15, 0.2) is 11.6 Å². The summed E-state index contributed by atoms with van der Waals surface area (Å²) >= 11 is 1.61. The molecule has 0 radical (unpaired) electrons. The number of carbonyl (C=O) groups is 1. The molecule has 2 aromatic rings. The van der Waals surface area contributed by atoms with Crippen molar-refractivity contribution in [3.05, 3.63) is 23.0 Å². The summed E-state index contributed by atoms with van der Waals surface area (Å²) in [7, 11) is 0. The van der Waals surface area contributed by atoms with E-state index < -0.39 is 5.97 Å². The van der Waals surface area contributed by atoms with Gasteiger partial charge in [0.15, 0.2) is 4.96 Å². The van der Waals surface area contributed by atoms with Crippen molar-refractivity contribution in [1.29, 1.82) is 0 Å². The molecule has 0 spiro atoms. The monoisotopic (exact) mass is 238 g/mol. The Hall–Kier alpha value is -1.36. The summed E-state index contributed by atoms with van der Waals surface area (Å²) in [6, 6.07) is 0. The van der Waals surface area contributed by atoms with Crippen LogP contribution in [0.1, 0.15) is 31.2 Å². The highest BCUT2D eigenvalue weighted by Gasteiger charge is 2.07. The second-order valence-electron chi connectivity index (χ2n) is 3.71. The third-order valence-corrected chi connectivity index (χ3v) is 3.41. The zero-order valence-corrected chi connectivity index (χ0v) is 9.96. The summed E-state index contributed by atoms with van der Waals surface area (Å²) in [5, 5.41) is 10.6. The van der Waals surface area contributed by atoms with Crippen LogP contribution < -0.4 is 0 Å². The fourth-order valence-corrected chi connectivity index (χ4v) is 2.57. The van der Waals surface area contributed by atoms with Gasteiger partial charge in [-0.3, -0.25) is 9.20 Å². The smallest absolute Gasteiger partial charge is 0.303 e. The molecule has 5 heteroatoms. The van der Waals surface area contributed by atoms with Gasteiger partial charge in [0, 0.05) is 23.7 Å². The molecule has 2 heterocycles. The predicted octanol–water partition coefficient (Wildman–Crippen LogP) is 2.37. The molecule has 4 nitrogen and oxygen atoms in total. The van der Waals surface area contributed by atoms with Crippen LogP contribution in [0, 0.1) is 0 Å². The number of hydrogen-bond acceptors (Lipinski definition) is 3. The van der Waals surface area contributed by atoms with E-state index in [4.69, 9.17) is 5.11 Å². The van der Waals surface area contributed by atoms with Gasteiger partial charge in [0.05, 0.1) is 5.69 Å². The fraction of sp³-hybridized carbons (Fsp3) is 0.455. The van der Waals surface area contributed by atoms with Crippen molar-refractivity contribution in [3.63, 3.8) is 0 Å². The van der Waals surface area contributed by atoms with E-state index in [0.717, 1.165) is 29.2 Å². The number of fused-ring (bicyclic) bond motifs is 1. The van der Waals surface area contributed by atoms with Gasteiger partial charge < -0.3 is 5.11 Å². The maximum atomic E-state index is 10.4. The number of rotatable bonds is 5. The highest BCUT2D eigenvalue weighted by atomic mass is 32.1. The predicted molar refractivity (Wildman–Crippen MR) is 63.0 cm³/mol. The van der Waals surface area contributed by atoms with Crippen molar-refractivity contribution >= 4 is 22.3 Å². The summed E-state index contributed by atoms with van der Waals surface area (Å²) in [6.07, 6.45) is 4.68. The first-order chi connectivity index (χ1) is 7.70. The van der Waals surface area contributed by atoms with Crippen LogP contribution in [0.4, 0.5) is 0 Å². The Labute approximate surface area is 97.6 Å². The normalized spacial score (nSPS) is 11.1. The van der Waals surface area contributed by atoms with Gasteiger partial charge in [-0.1, -0.05) is 6.92 Å². The first-order valence-corrected chi connectivity index (χ1v) is 6.24. The number of carboxylic acid groups (broad SMARTS) is 1. The van der Waals surface area contributed by atoms with Crippen molar-refractivity contribution in [1.82, 2.24) is 9.38 Å². The van der Waals surface area contributed by atoms with E-state index in [1.54, 1.807) is 11.3 Å². The van der Waals surface area contributed by atoms with Gasteiger partial charge in [-0.15, -0.1) is 11.3 Å². The average Bonchev–Trinajstić information content (AvgIpc) is 2.78. The summed E-state index contributed by atoms with van der Waals surface area (Å²) in [6.45, 7) is 2.08. The topological polar surface area (TPSA) is 54.6 Å². The Morgan fingerprint density at radius 1 is 1.62 bits per heavy atom. The SMILES string of the molecule is CCc1cn2c(CCCC(=O)O)csc2n1. The molecule has 86 valence electrons. The zero-order valence-electron chi connectivity index (χ0n) is 9.14. The molecule has 0 atom stereocenters. The van der Waals surface area contributed by atoms with Gasteiger partial charge in [0.25, 0.3) is 0 Å². The van der Waals surface area contributed by atoms with Crippen LogP contribution in [0.5, 0.6) is 0 Å². The standard InChI is InChI=1S/C11H14N2O2S/c1-2-8-6-13-9(4-3-5-10(14)15)7-16-11(13)12-8/h6-7H,2-5H2,1H3,(H,14,15). The number of carboxylic acids is 1. The van der Waals surface area contributed by atoms with Gasteiger partial charge in [0.2, 0.25) is 0 Å². The van der Waals surface area contributed by atoms with E-state index >= 15 is 0 Å². The molecule has 16 heavy (non-hydrogen) atoms. The first-order valence-electron chi connectivity index (χ1n) is 5.37. The summed E-state index contributed by atoms with van der Waals surface area (Å²) in [4.78, 5) is 15.9. The lowest BCUT2D eigenvalue weighted by atomic mass is 10.2. The Balaban J connectivity index is 2.11. The molecule has 0 aliphatic heterocycles. The molecule has 0 amide bonds. The second kappa shape index (κ2) is 4.65. The van der Waals surface area contributed by atoms with Crippen LogP contribution in [0.2, 0.25) is 0 Å². The van der Waals surface area contributed by atoms with Crippen molar-refractivity contribution < 1.29 is 9.90 Å². The van der Waals surface area contributed by atoms with E-state index in [1.807, 2.05) is 6.20 Å². The molecule has 2 aromatic heterocycles. The summed E-state index contributed by atoms with van der Waals surface area (Å²) in [5.74, 6) is -0.730. The van der Waals surface area contributed by atoms with Crippen LogP contribution in [0.25, 0.3) is 4.96 Å². The third kappa shape index (κ3) is 2.24. The maximum absolute atomic E-state index is 10.4. The highest BCUT2D eigenvalue weighted by Crippen LogP contribution is 2.18. The highest BCUT2D eigenvalue weighted by molar-refractivity contribution is 7.15. The zero-order chi connectivity index (χ0) is 11.5. The largest absolute Gasteiger partial charge is 0.481 e. The molecule has 0 fully saturated rings. The molecule has 0 aromatic carbocycles. The lowest BCUT2D eigenvalue weighted by Gasteiger charge is -1.97. The van der Waals surface area contributed by atoms with Crippen LogP contribution >= 0.6 is 11.3 Å². The number of aromatic nitrogens is 2. The number of hydrogen-bond donors (Lipinski definition) is 1. The van der Waals surface area contributed by atoms with E-state index in [1.165, 1.54) is 0 Å². The molecule has 0 saturated heterocycles. The average molecular weight is 238 g/mol. The summed E-state index contributed by atoms with van der Waals surface area (Å²) in [5.41, 5.74) is 2.25. The number of thiazole rings is 1. The molecule has 0 unspecified atom stereocenters. The molecule has 2 rings (SSSR count). The number of aliphatic carboxylic acids is 1. The van der Waals surface area contributed by atoms with Crippen molar-refractivity contribution in [2.45, 2.75) is 32.6 Å². The molecular formula is C11H14N2O2S. The van der Waals surface area contributed by atoms with Crippen molar-refractivity contribution in [2.75, 3.05) is 0 Å². The Morgan fingerprint density at radius 3 is 3.12 bits per heavy atom. The minimum Gasteiger partial charge on any atom is -0.481 e. The molecule has 0 aliphatic rings. The van der Waals surface area contributed by atoms with E-state index in [-0.39, 0.29) is 6.42 Å². The van der Waals surface area contributed by atoms with E-state index in [9.17, 15) is 4.79 Å². The Bertz CT molecular complexity index is 501. The van der Waals surface area contributed by atoms with Gasteiger partial charge in [-0.2, -0.15) is 0 Å². The summed E-state index contributed by atoms with van der Waals surface area (Å²) < 4.78 is 2.07. The molecule has 0 bridgehead atoms. The number of imidazole rings is 1. The van der Waals surface area contributed by atoms with Crippen LogP contribution in [0.3, 0.4) is 0 Å². The minimum atomic E-state index is -0.730. The number of aryl methyl sites for hydroxylation is 2. The molecule has 0 saturated carbocycles. The lowest BCUT2D eigenvalue weighted by molar-refractivity contribution is -0.137. The molecule has 0 aliphatic carbocycles.